The first-order chi connectivity index (χ1) is 6.11. The van der Waals surface area contributed by atoms with E-state index in [1.165, 1.54) is 0 Å². The van der Waals surface area contributed by atoms with Gasteiger partial charge in [-0.05, 0) is 25.9 Å². The van der Waals surface area contributed by atoms with Gasteiger partial charge in [0, 0.05) is 0 Å². The van der Waals surface area contributed by atoms with Gasteiger partial charge in [-0.1, -0.05) is 0 Å². The highest BCUT2D eigenvalue weighted by molar-refractivity contribution is 5.42. The van der Waals surface area contributed by atoms with Crippen LogP contribution in [0, 0.1) is 11.8 Å². The van der Waals surface area contributed by atoms with E-state index in [1.807, 2.05) is 13.8 Å². The molecule has 1 rings (SSSR count). The smallest absolute Gasteiger partial charge is 0.262 e. The highest BCUT2D eigenvalue weighted by Crippen LogP contribution is 2.20. The van der Waals surface area contributed by atoms with Crippen molar-refractivity contribution >= 4 is 5.69 Å². The minimum atomic E-state index is -0.177. The molecule has 0 amide bonds. The summed E-state index contributed by atoms with van der Waals surface area (Å²) in [5, 5.41) is 14.9. The maximum absolute atomic E-state index is 10.4. The Morgan fingerprint density at radius 3 is 2.50 bits per heavy atom. The van der Waals surface area contributed by atoms with Crippen molar-refractivity contribution in [2.75, 3.05) is 0 Å². The topological polar surface area (TPSA) is 99.3 Å². The second-order valence-electron chi connectivity index (χ2n) is 3.25. The quantitative estimate of drug-likeness (QED) is 0.561. The molecular formula is C8H15N3O3. The minimum absolute atomic E-state index is 0. The lowest BCUT2D eigenvalue weighted by Gasteiger charge is -1.97. The summed E-state index contributed by atoms with van der Waals surface area (Å²) in [7, 11) is 0. The monoisotopic (exact) mass is 201 g/mol. The molecule has 14 heavy (non-hydrogen) atoms. The van der Waals surface area contributed by atoms with Gasteiger partial charge in [-0.25, -0.2) is 0 Å². The van der Waals surface area contributed by atoms with Crippen LogP contribution < -0.4 is 4.68 Å². The van der Waals surface area contributed by atoms with Crippen molar-refractivity contribution in [2.24, 2.45) is 5.18 Å². The Hall–Kier alpha value is -1.27. The van der Waals surface area contributed by atoms with E-state index in [0.29, 0.717) is 17.1 Å². The van der Waals surface area contributed by atoms with Crippen LogP contribution in [0.5, 0.6) is 0 Å². The fourth-order valence-corrected chi connectivity index (χ4v) is 1.34. The first-order valence-electron chi connectivity index (χ1n) is 4.19. The van der Waals surface area contributed by atoms with Gasteiger partial charge in [-0.15, -0.1) is 9.59 Å². The van der Waals surface area contributed by atoms with Crippen LogP contribution in [0.2, 0.25) is 0 Å². The van der Waals surface area contributed by atoms with Crippen LogP contribution in [0.4, 0.5) is 5.69 Å². The zero-order valence-corrected chi connectivity index (χ0v) is 8.48. The number of hydrogen-bond donors (Lipinski definition) is 2. The van der Waals surface area contributed by atoms with Gasteiger partial charge in [0.25, 0.3) is 5.69 Å². The van der Waals surface area contributed by atoms with Gasteiger partial charge in [0.05, 0.1) is 0 Å². The van der Waals surface area contributed by atoms with E-state index in [0.717, 1.165) is 0 Å². The number of rotatable bonds is 3. The average molecular weight is 201 g/mol. The van der Waals surface area contributed by atoms with E-state index < -0.39 is 0 Å². The van der Waals surface area contributed by atoms with Crippen LogP contribution in [0.3, 0.4) is 0 Å². The Morgan fingerprint density at radius 1 is 1.57 bits per heavy atom. The summed E-state index contributed by atoms with van der Waals surface area (Å²) >= 11 is 0. The molecule has 0 aromatic carbocycles. The lowest BCUT2D eigenvalue weighted by molar-refractivity contribution is -0.775. The molecule has 1 aromatic rings. The van der Waals surface area contributed by atoms with Gasteiger partial charge in [0.2, 0.25) is 5.69 Å². The molecule has 80 valence electrons. The number of aliphatic hydroxyl groups excluding tert-OH is 1. The van der Waals surface area contributed by atoms with Gasteiger partial charge >= 0.3 is 0 Å². The molecule has 0 unspecified atom stereocenters. The molecule has 0 saturated carbocycles. The minimum Gasteiger partial charge on any atom is -0.870 e. The van der Waals surface area contributed by atoms with Gasteiger partial charge in [-0.2, -0.15) is 5.10 Å². The molecule has 6 nitrogen and oxygen atoms in total. The molecule has 6 heteroatoms. The molecule has 0 aliphatic heterocycles. The predicted molar refractivity (Wildman–Crippen MR) is 49.4 cm³/mol. The Morgan fingerprint density at radius 2 is 2.14 bits per heavy atom. The molecule has 0 radical (unpaired) electrons. The lowest BCUT2D eigenvalue weighted by Crippen LogP contribution is -2.41. The normalized spacial score (nSPS) is 10.1. The van der Waals surface area contributed by atoms with E-state index in [2.05, 4.69) is 10.3 Å². The van der Waals surface area contributed by atoms with Crippen molar-refractivity contribution < 1.29 is 15.3 Å². The second kappa shape index (κ2) is 4.83. The number of nitrogens with one attached hydrogen (secondary N) is 1. The molecule has 0 saturated heterocycles. The lowest BCUT2D eigenvalue weighted by atomic mass is 10.3. The maximum Gasteiger partial charge on any atom is 0.262 e. The average Bonchev–Trinajstić information content (AvgIpc) is 2.41. The van der Waals surface area contributed by atoms with E-state index in [9.17, 15) is 4.91 Å². The summed E-state index contributed by atoms with van der Waals surface area (Å²) in [5.41, 5.74) is 1.55. The number of aromatic amines is 1. The molecule has 3 N–H and O–H groups in total. The van der Waals surface area contributed by atoms with E-state index >= 15 is 0 Å². The number of H-pyrrole nitrogens is 1. The molecular weight excluding hydrogens is 186 g/mol. The van der Waals surface area contributed by atoms with Crippen LogP contribution in [0.15, 0.2) is 5.18 Å². The third-order valence-electron chi connectivity index (χ3n) is 1.96. The van der Waals surface area contributed by atoms with Crippen molar-refractivity contribution in [2.45, 2.75) is 33.4 Å². The molecule has 0 atom stereocenters. The van der Waals surface area contributed by atoms with Crippen molar-refractivity contribution in [3.8, 4) is 0 Å². The van der Waals surface area contributed by atoms with Crippen LogP contribution >= 0.6 is 0 Å². The van der Waals surface area contributed by atoms with Crippen molar-refractivity contribution in [3.05, 3.63) is 16.3 Å². The molecule has 0 fully saturated rings. The highest BCUT2D eigenvalue weighted by Gasteiger charge is 2.25. The molecule has 0 spiro atoms. The largest absolute Gasteiger partial charge is 0.870 e. The predicted octanol–water partition coefficient (Wildman–Crippen LogP) is 0.905. The van der Waals surface area contributed by atoms with E-state index in [1.54, 1.807) is 11.6 Å². The number of nitrogens with zero attached hydrogens (tertiary/aromatic N) is 2. The van der Waals surface area contributed by atoms with Crippen LogP contribution in [0.1, 0.15) is 31.3 Å². The molecule has 1 heterocycles. The maximum atomic E-state index is 10.4. The van der Waals surface area contributed by atoms with Gasteiger partial charge < -0.3 is 10.6 Å². The zero-order chi connectivity index (χ0) is 10.0. The number of aromatic nitrogens is 2. The Kier molecular flexibility index (Phi) is 4.39. The second-order valence-corrected chi connectivity index (χ2v) is 3.25. The summed E-state index contributed by atoms with van der Waals surface area (Å²) in [6, 6.07) is 0.177. The summed E-state index contributed by atoms with van der Waals surface area (Å²) in [6.07, 6.45) is 0. The first kappa shape index (κ1) is 12.7. The Bertz CT molecular complexity index is 320. The van der Waals surface area contributed by atoms with Gasteiger partial charge in [0.15, 0.2) is 6.04 Å². The van der Waals surface area contributed by atoms with Gasteiger partial charge in [-0.3, -0.25) is 0 Å². The first-order valence-corrected chi connectivity index (χ1v) is 4.19. The third-order valence-corrected chi connectivity index (χ3v) is 1.96. The fraction of sp³-hybridized carbons (Fsp3) is 0.625. The van der Waals surface area contributed by atoms with Crippen molar-refractivity contribution in [1.29, 1.82) is 0 Å². The van der Waals surface area contributed by atoms with Crippen molar-refractivity contribution in [1.82, 2.24) is 5.10 Å². The third kappa shape index (κ3) is 1.97. The summed E-state index contributed by atoms with van der Waals surface area (Å²) in [4.78, 5) is 10.4. The number of nitroso groups, excluding NO2 is 1. The summed E-state index contributed by atoms with van der Waals surface area (Å²) in [6.45, 7) is 5.51. The van der Waals surface area contributed by atoms with Crippen LogP contribution in [0.25, 0.3) is 0 Å². The SMILES string of the molecule is Cc1[nH][n+](C(C)C)c(CO)c1N=O.[OH-]. The Balaban J connectivity index is 0.00000169. The molecule has 1 aromatic heterocycles. The number of aryl methyl sites for hydroxylation is 1. The van der Waals surface area contributed by atoms with E-state index in [-0.39, 0.29) is 18.1 Å². The van der Waals surface area contributed by atoms with Crippen LogP contribution in [-0.4, -0.2) is 15.7 Å². The van der Waals surface area contributed by atoms with Crippen molar-refractivity contribution in [3.63, 3.8) is 0 Å². The molecule has 0 aliphatic carbocycles. The number of aliphatic hydroxyl groups is 1. The van der Waals surface area contributed by atoms with E-state index in [4.69, 9.17) is 5.11 Å². The molecule has 0 bridgehead atoms. The Labute approximate surface area is 81.8 Å². The number of hydrogen-bond acceptors (Lipinski definition) is 4. The summed E-state index contributed by atoms with van der Waals surface area (Å²) in [5.74, 6) is 0. The molecule has 0 aliphatic rings. The summed E-state index contributed by atoms with van der Waals surface area (Å²) < 4.78 is 1.74. The van der Waals surface area contributed by atoms with Gasteiger partial charge in [0.1, 0.15) is 12.3 Å². The van der Waals surface area contributed by atoms with Crippen LogP contribution in [-0.2, 0) is 6.61 Å². The standard InChI is InChI=1S/C8H13N3O2.H2O/c1-5(2)11-7(4-12)8(10-13)6(3)9-11;/h5,12H,4H2,1-3H3;1H2. The zero-order valence-electron chi connectivity index (χ0n) is 8.48. The highest BCUT2D eigenvalue weighted by atomic mass is 16.3. The fourth-order valence-electron chi connectivity index (χ4n) is 1.34.